The lowest BCUT2D eigenvalue weighted by Gasteiger charge is -2.13. The van der Waals surface area contributed by atoms with Crippen LogP contribution in [-0.2, 0) is 14.3 Å². The first kappa shape index (κ1) is 18.7. The summed E-state index contributed by atoms with van der Waals surface area (Å²) in [6.07, 6.45) is 13.0. The Bertz CT molecular complexity index is 304. The molecule has 0 aromatic carbocycles. The van der Waals surface area contributed by atoms with Crippen molar-refractivity contribution in [3.63, 3.8) is 0 Å². The third kappa shape index (κ3) is 8.03. The van der Waals surface area contributed by atoms with Crippen molar-refractivity contribution in [2.24, 2.45) is 0 Å². The maximum atomic E-state index is 10.9. The standard InChI is InChI=1S/C17H30O3S/c1-3-4-5-6-7-8-9-10-11-21-14-16-15(13-18)12-17(19-2)20-16/h12-13,16-17H,3-11,14H2,1-2H3/t16-,17+/m1/s1. The molecule has 1 aliphatic rings. The number of ether oxygens (including phenoxy) is 2. The molecule has 0 bridgehead atoms. The quantitative estimate of drug-likeness (QED) is 0.374. The molecule has 0 saturated carbocycles. The van der Waals surface area contributed by atoms with E-state index in [2.05, 4.69) is 6.92 Å². The summed E-state index contributed by atoms with van der Waals surface area (Å²) < 4.78 is 10.7. The van der Waals surface area contributed by atoms with Crippen LogP contribution in [0.1, 0.15) is 58.3 Å². The normalized spacial score (nSPS) is 21.5. The van der Waals surface area contributed by atoms with Crippen molar-refractivity contribution in [1.29, 1.82) is 0 Å². The minimum Gasteiger partial charge on any atom is -0.352 e. The zero-order chi connectivity index (χ0) is 15.3. The van der Waals surface area contributed by atoms with E-state index in [0.717, 1.165) is 23.4 Å². The second-order valence-corrected chi connectivity index (χ2v) is 6.71. The highest BCUT2D eigenvalue weighted by atomic mass is 32.2. The van der Waals surface area contributed by atoms with Crippen molar-refractivity contribution < 1.29 is 14.3 Å². The van der Waals surface area contributed by atoms with E-state index >= 15 is 0 Å². The number of carbonyl (C=O) groups excluding carboxylic acids is 1. The molecule has 0 aromatic rings. The molecular formula is C17H30O3S. The first-order chi connectivity index (χ1) is 10.3. The predicted molar refractivity (Wildman–Crippen MR) is 89.8 cm³/mol. The zero-order valence-electron chi connectivity index (χ0n) is 13.5. The maximum Gasteiger partial charge on any atom is 0.178 e. The highest BCUT2D eigenvalue weighted by Gasteiger charge is 2.26. The van der Waals surface area contributed by atoms with Gasteiger partial charge in [-0.15, -0.1) is 0 Å². The summed E-state index contributed by atoms with van der Waals surface area (Å²) in [5.74, 6) is 2.00. The molecule has 2 atom stereocenters. The summed E-state index contributed by atoms with van der Waals surface area (Å²) >= 11 is 1.87. The van der Waals surface area contributed by atoms with Crippen molar-refractivity contribution in [3.8, 4) is 0 Å². The molecule has 1 heterocycles. The average Bonchev–Trinajstić information content (AvgIpc) is 2.91. The van der Waals surface area contributed by atoms with Gasteiger partial charge in [-0.2, -0.15) is 11.8 Å². The molecule has 0 aromatic heterocycles. The van der Waals surface area contributed by atoms with E-state index in [9.17, 15) is 4.79 Å². The third-order valence-electron chi connectivity index (χ3n) is 3.78. The lowest BCUT2D eigenvalue weighted by atomic mass is 10.1. The summed E-state index contributed by atoms with van der Waals surface area (Å²) in [5.41, 5.74) is 0.727. The van der Waals surface area contributed by atoms with Crippen LogP contribution in [-0.4, -0.2) is 37.3 Å². The number of methoxy groups -OCH3 is 1. The molecule has 122 valence electrons. The van der Waals surface area contributed by atoms with Gasteiger partial charge in [0.25, 0.3) is 0 Å². The minimum absolute atomic E-state index is 0.0912. The second-order valence-electron chi connectivity index (χ2n) is 5.56. The Labute approximate surface area is 133 Å². The van der Waals surface area contributed by atoms with Crippen molar-refractivity contribution in [2.75, 3.05) is 18.6 Å². The summed E-state index contributed by atoms with van der Waals surface area (Å²) in [7, 11) is 1.60. The number of hydrogen-bond donors (Lipinski definition) is 0. The van der Waals surface area contributed by atoms with Gasteiger partial charge in [-0.3, -0.25) is 4.79 Å². The van der Waals surface area contributed by atoms with E-state index in [4.69, 9.17) is 9.47 Å². The molecule has 0 spiro atoms. The molecular weight excluding hydrogens is 284 g/mol. The van der Waals surface area contributed by atoms with Crippen LogP contribution in [0.3, 0.4) is 0 Å². The molecule has 0 radical (unpaired) electrons. The Kier molecular flexibility index (Phi) is 10.9. The number of thioether (sulfide) groups is 1. The van der Waals surface area contributed by atoms with Gasteiger partial charge in [0.05, 0.1) is 6.10 Å². The van der Waals surface area contributed by atoms with E-state index in [0.29, 0.717) is 0 Å². The average molecular weight is 314 g/mol. The van der Waals surface area contributed by atoms with E-state index in [1.165, 1.54) is 51.4 Å². The first-order valence-electron chi connectivity index (χ1n) is 8.24. The Hall–Kier alpha value is -0.320. The summed E-state index contributed by atoms with van der Waals surface area (Å²) in [6.45, 7) is 2.26. The van der Waals surface area contributed by atoms with Gasteiger partial charge in [0.1, 0.15) is 6.29 Å². The fourth-order valence-corrected chi connectivity index (χ4v) is 3.51. The van der Waals surface area contributed by atoms with E-state index in [-0.39, 0.29) is 12.4 Å². The molecule has 0 saturated heterocycles. The highest BCUT2D eigenvalue weighted by Crippen LogP contribution is 2.23. The van der Waals surface area contributed by atoms with Crippen LogP contribution in [0.15, 0.2) is 11.6 Å². The first-order valence-corrected chi connectivity index (χ1v) is 9.40. The molecule has 4 heteroatoms. The van der Waals surface area contributed by atoms with E-state index in [1.54, 1.807) is 13.2 Å². The second kappa shape index (κ2) is 12.2. The van der Waals surface area contributed by atoms with Gasteiger partial charge in [0.15, 0.2) is 6.29 Å². The molecule has 0 amide bonds. The highest BCUT2D eigenvalue weighted by molar-refractivity contribution is 7.99. The molecule has 21 heavy (non-hydrogen) atoms. The van der Waals surface area contributed by atoms with E-state index in [1.807, 2.05) is 11.8 Å². The SMILES string of the molecule is CCCCCCCCCCSC[C@H]1O[C@H](OC)C=C1C=O. The van der Waals surface area contributed by atoms with Gasteiger partial charge < -0.3 is 9.47 Å². The van der Waals surface area contributed by atoms with Crippen LogP contribution < -0.4 is 0 Å². The summed E-state index contributed by atoms with van der Waals surface area (Å²) in [4.78, 5) is 10.9. The minimum atomic E-state index is -0.348. The Morgan fingerprint density at radius 2 is 1.86 bits per heavy atom. The fraction of sp³-hybridized carbons (Fsp3) is 0.824. The summed E-state index contributed by atoms with van der Waals surface area (Å²) in [5, 5.41) is 0. The Morgan fingerprint density at radius 1 is 1.19 bits per heavy atom. The summed E-state index contributed by atoms with van der Waals surface area (Å²) in [6, 6.07) is 0. The van der Waals surface area contributed by atoms with Crippen LogP contribution in [0.25, 0.3) is 0 Å². The lowest BCUT2D eigenvalue weighted by Crippen LogP contribution is -2.18. The van der Waals surface area contributed by atoms with Crippen LogP contribution in [0, 0.1) is 0 Å². The number of unbranched alkanes of at least 4 members (excludes halogenated alkanes) is 7. The van der Waals surface area contributed by atoms with Gasteiger partial charge in [0, 0.05) is 18.4 Å². The lowest BCUT2D eigenvalue weighted by molar-refractivity contribution is -0.108. The molecule has 0 N–H and O–H groups in total. The topological polar surface area (TPSA) is 35.5 Å². The Morgan fingerprint density at radius 3 is 2.48 bits per heavy atom. The van der Waals surface area contributed by atoms with Crippen LogP contribution in [0.2, 0.25) is 0 Å². The monoisotopic (exact) mass is 314 g/mol. The predicted octanol–water partition coefficient (Wildman–Crippen LogP) is 4.36. The number of carbonyl (C=O) groups is 1. The zero-order valence-corrected chi connectivity index (χ0v) is 14.3. The largest absolute Gasteiger partial charge is 0.352 e. The van der Waals surface area contributed by atoms with Crippen LogP contribution >= 0.6 is 11.8 Å². The number of aldehydes is 1. The molecule has 3 nitrogen and oxygen atoms in total. The molecule has 0 unspecified atom stereocenters. The maximum absolute atomic E-state index is 10.9. The van der Waals surface area contributed by atoms with Crippen molar-refractivity contribution in [1.82, 2.24) is 0 Å². The van der Waals surface area contributed by atoms with Crippen molar-refractivity contribution in [3.05, 3.63) is 11.6 Å². The fourth-order valence-electron chi connectivity index (χ4n) is 2.45. The number of hydrogen-bond acceptors (Lipinski definition) is 4. The van der Waals surface area contributed by atoms with Gasteiger partial charge in [-0.25, -0.2) is 0 Å². The molecule has 1 aliphatic heterocycles. The third-order valence-corrected chi connectivity index (χ3v) is 4.89. The molecule has 0 fully saturated rings. The Balaban J connectivity index is 1.95. The number of rotatable bonds is 13. The van der Waals surface area contributed by atoms with Crippen molar-refractivity contribution >= 4 is 18.0 Å². The van der Waals surface area contributed by atoms with Crippen LogP contribution in [0.5, 0.6) is 0 Å². The van der Waals surface area contributed by atoms with Gasteiger partial charge in [0.2, 0.25) is 0 Å². The van der Waals surface area contributed by atoms with E-state index < -0.39 is 0 Å². The van der Waals surface area contributed by atoms with Gasteiger partial charge in [-0.1, -0.05) is 51.9 Å². The smallest absolute Gasteiger partial charge is 0.178 e. The molecule has 1 rings (SSSR count). The van der Waals surface area contributed by atoms with Gasteiger partial charge in [-0.05, 0) is 18.2 Å². The van der Waals surface area contributed by atoms with Crippen LogP contribution in [0.4, 0.5) is 0 Å². The van der Waals surface area contributed by atoms with Gasteiger partial charge >= 0.3 is 0 Å². The molecule has 0 aliphatic carbocycles. The van der Waals surface area contributed by atoms with Crippen molar-refractivity contribution in [2.45, 2.75) is 70.7 Å².